The van der Waals surface area contributed by atoms with Crippen LogP contribution in [0.5, 0.6) is 5.75 Å². The van der Waals surface area contributed by atoms with Gasteiger partial charge in [0.05, 0.1) is 12.0 Å². The molecule has 2 aromatic carbocycles. The molecule has 0 saturated heterocycles. The van der Waals surface area contributed by atoms with E-state index in [1.807, 2.05) is 32.0 Å². The maximum absolute atomic E-state index is 11.7. The molecule has 3 aromatic rings. The molecular formula is C19H19N5O3. The number of rotatable bonds is 6. The van der Waals surface area contributed by atoms with Gasteiger partial charge in [0, 0.05) is 11.4 Å². The van der Waals surface area contributed by atoms with E-state index in [2.05, 4.69) is 20.6 Å². The van der Waals surface area contributed by atoms with Crippen molar-refractivity contribution in [3.63, 3.8) is 0 Å². The summed E-state index contributed by atoms with van der Waals surface area (Å²) in [5.74, 6) is 0.917. The van der Waals surface area contributed by atoms with E-state index in [1.54, 1.807) is 31.4 Å². The lowest BCUT2D eigenvalue weighted by Gasteiger charge is -2.12. The van der Waals surface area contributed by atoms with Crippen molar-refractivity contribution in [2.24, 2.45) is 0 Å². The molecule has 1 aromatic heterocycles. The minimum atomic E-state index is -0.502. The Morgan fingerprint density at radius 3 is 2.26 bits per heavy atom. The van der Waals surface area contributed by atoms with Gasteiger partial charge in [0.2, 0.25) is 11.6 Å². The quantitative estimate of drug-likeness (QED) is 0.490. The van der Waals surface area contributed by atoms with Crippen molar-refractivity contribution >= 4 is 28.7 Å². The molecule has 138 valence electrons. The number of anilines is 4. The van der Waals surface area contributed by atoms with Crippen LogP contribution in [0.25, 0.3) is 0 Å². The first-order chi connectivity index (χ1) is 13.0. The largest absolute Gasteiger partial charge is 0.497 e. The first-order valence-corrected chi connectivity index (χ1v) is 8.22. The molecule has 2 N–H and O–H groups in total. The Labute approximate surface area is 156 Å². The van der Waals surface area contributed by atoms with E-state index in [4.69, 9.17) is 4.74 Å². The highest BCUT2D eigenvalue weighted by Gasteiger charge is 2.23. The van der Waals surface area contributed by atoms with E-state index < -0.39 is 4.92 Å². The molecule has 1 heterocycles. The number of methoxy groups -OCH3 is 1. The lowest BCUT2D eigenvalue weighted by Crippen LogP contribution is -2.06. The Kier molecular flexibility index (Phi) is 5.16. The third-order valence-electron chi connectivity index (χ3n) is 3.99. The molecule has 0 fully saturated rings. The molecule has 8 heteroatoms. The molecule has 27 heavy (non-hydrogen) atoms. The third kappa shape index (κ3) is 4.12. The second kappa shape index (κ2) is 7.69. The van der Waals surface area contributed by atoms with Gasteiger partial charge in [0.25, 0.3) is 0 Å². The van der Waals surface area contributed by atoms with Crippen LogP contribution in [-0.4, -0.2) is 22.0 Å². The zero-order chi connectivity index (χ0) is 19.4. The van der Waals surface area contributed by atoms with E-state index in [0.717, 1.165) is 16.8 Å². The van der Waals surface area contributed by atoms with Crippen molar-refractivity contribution in [1.82, 2.24) is 9.97 Å². The predicted molar refractivity (Wildman–Crippen MR) is 104 cm³/mol. The van der Waals surface area contributed by atoms with Crippen LogP contribution < -0.4 is 15.4 Å². The van der Waals surface area contributed by atoms with E-state index >= 15 is 0 Å². The molecule has 8 nitrogen and oxygen atoms in total. The number of benzene rings is 2. The number of hydrogen-bond donors (Lipinski definition) is 2. The molecule has 0 bridgehead atoms. The van der Waals surface area contributed by atoms with Gasteiger partial charge in [-0.1, -0.05) is 17.7 Å². The first-order valence-electron chi connectivity index (χ1n) is 8.22. The molecule has 0 unspecified atom stereocenters. The summed E-state index contributed by atoms with van der Waals surface area (Å²) in [6.45, 7) is 3.92. The highest BCUT2D eigenvalue weighted by Crippen LogP contribution is 2.34. The number of nitrogens with zero attached hydrogens (tertiary/aromatic N) is 3. The highest BCUT2D eigenvalue weighted by atomic mass is 16.6. The minimum absolute atomic E-state index is 0.104. The summed E-state index contributed by atoms with van der Waals surface area (Å²) < 4.78 is 5.11. The molecule has 0 aliphatic rings. The summed E-state index contributed by atoms with van der Waals surface area (Å²) in [6.07, 6.45) is 1.28. The summed E-state index contributed by atoms with van der Waals surface area (Å²) in [6, 6.07) is 12.8. The Morgan fingerprint density at radius 2 is 1.67 bits per heavy atom. The van der Waals surface area contributed by atoms with Crippen molar-refractivity contribution in [1.29, 1.82) is 0 Å². The van der Waals surface area contributed by atoms with Crippen LogP contribution in [0, 0.1) is 24.0 Å². The normalized spacial score (nSPS) is 10.3. The molecule has 0 aliphatic heterocycles. The minimum Gasteiger partial charge on any atom is -0.497 e. The Hall–Kier alpha value is -3.68. The Balaban J connectivity index is 1.95. The van der Waals surface area contributed by atoms with E-state index in [-0.39, 0.29) is 17.3 Å². The second-order valence-electron chi connectivity index (χ2n) is 5.97. The van der Waals surface area contributed by atoms with Gasteiger partial charge in [-0.3, -0.25) is 10.1 Å². The number of aryl methyl sites for hydroxylation is 2. The number of aromatic nitrogens is 2. The van der Waals surface area contributed by atoms with Crippen molar-refractivity contribution in [2.45, 2.75) is 13.8 Å². The van der Waals surface area contributed by atoms with Gasteiger partial charge >= 0.3 is 5.69 Å². The standard InChI is InChI=1S/C19H19N5O3/c1-12-4-9-16(13(2)10-12)23-19-17(24(25)26)18(20-11-21-19)22-14-5-7-15(27-3)8-6-14/h4-11H,1-3H3,(H2,20,21,22,23). The molecule has 0 atom stereocenters. The average molecular weight is 365 g/mol. The zero-order valence-corrected chi connectivity index (χ0v) is 15.2. The van der Waals surface area contributed by atoms with E-state index in [0.29, 0.717) is 11.4 Å². The van der Waals surface area contributed by atoms with Crippen LogP contribution in [-0.2, 0) is 0 Å². The highest BCUT2D eigenvalue weighted by molar-refractivity contribution is 5.77. The van der Waals surface area contributed by atoms with E-state index in [1.165, 1.54) is 6.33 Å². The van der Waals surface area contributed by atoms with Crippen LogP contribution in [0.4, 0.5) is 28.7 Å². The monoisotopic (exact) mass is 365 g/mol. The fraction of sp³-hybridized carbons (Fsp3) is 0.158. The van der Waals surface area contributed by atoms with Crippen LogP contribution in [0.3, 0.4) is 0 Å². The molecule has 0 saturated carbocycles. The average Bonchev–Trinajstić information content (AvgIpc) is 2.64. The summed E-state index contributed by atoms with van der Waals surface area (Å²) in [5.41, 5.74) is 3.24. The van der Waals surface area contributed by atoms with Crippen LogP contribution in [0.2, 0.25) is 0 Å². The first kappa shape index (κ1) is 18.1. The predicted octanol–water partition coefficient (Wildman–Crippen LogP) is 4.50. The second-order valence-corrected chi connectivity index (χ2v) is 5.97. The molecule has 0 amide bonds. The summed E-state index contributed by atoms with van der Waals surface area (Å²) in [5, 5.41) is 17.7. The van der Waals surface area contributed by atoms with Crippen molar-refractivity contribution < 1.29 is 9.66 Å². The van der Waals surface area contributed by atoms with Gasteiger partial charge in [-0.25, -0.2) is 9.97 Å². The lowest BCUT2D eigenvalue weighted by atomic mass is 10.1. The maximum Gasteiger partial charge on any atom is 0.353 e. The Morgan fingerprint density at radius 1 is 1.00 bits per heavy atom. The lowest BCUT2D eigenvalue weighted by molar-refractivity contribution is -0.383. The van der Waals surface area contributed by atoms with Gasteiger partial charge < -0.3 is 15.4 Å². The number of nitro groups is 1. The molecular weight excluding hydrogens is 346 g/mol. The van der Waals surface area contributed by atoms with Gasteiger partial charge in [0.15, 0.2) is 0 Å². The van der Waals surface area contributed by atoms with E-state index in [9.17, 15) is 10.1 Å². The van der Waals surface area contributed by atoms with Crippen molar-refractivity contribution in [2.75, 3.05) is 17.7 Å². The van der Waals surface area contributed by atoms with Crippen LogP contribution in [0.1, 0.15) is 11.1 Å². The van der Waals surface area contributed by atoms with Gasteiger partial charge in [-0.05, 0) is 49.7 Å². The van der Waals surface area contributed by atoms with Gasteiger partial charge in [0.1, 0.15) is 12.1 Å². The van der Waals surface area contributed by atoms with Crippen molar-refractivity contribution in [3.8, 4) is 5.75 Å². The fourth-order valence-corrected chi connectivity index (χ4v) is 2.63. The molecule has 0 aliphatic carbocycles. The number of hydrogen-bond acceptors (Lipinski definition) is 7. The number of nitrogens with one attached hydrogen (secondary N) is 2. The third-order valence-corrected chi connectivity index (χ3v) is 3.99. The smallest absolute Gasteiger partial charge is 0.353 e. The summed E-state index contributed by atoms with van der Waals surface area (Å²) >= 11 is 0. The zero-order valence-electron chi connectivity index (χ0n) is 15.2. The topological polar surface area (TPSA) is 102 Å². The summed E-state index contributed by atoms with van der Waals surface area (Å²) in [4.78, 5) is 19.3. The Bertz CT molecular complexity index is 974. The van der Waals surface area contributed by atoms with Crippen LogP contribution in [0.15, 0.2) is 48.8 Å². The molecule has 0 radical (unpaired) electrons. The number of ether oxygens (including phenoxy) is 1. The summed E-state index contributed by atoms with van der Waals surface area (Å²) in [7, 11) is 1.57. The van der Waals surface area contributed by atoms with Crippen LogP contribution >= 0.6 is 0 Å². The van der Waals surface area contributed by atoms with Crippen molar-refractivity contribution in [3.05, 3.63) is 70.0 Å². The maximum atomic E-state index is 11.7. The SMILES string of the molecule is COc1ccc(Nc2ncnc(Nc3ccc(C)cc3C)c2[N+](=O)[O-])cc1. The van der Waals surface area contributed by atoms with Gasteiger partial charge in [-0.15, -0.1) is 0 Å². The molecule has 3 rings (SSSR count). The fourth-order valence-electron chi connectivity index (χ4n) is 2.63. The van der Waals surface area contributed by atoms with Gasteiger partial charge in [-0.2, -0.15) is 0 Å². The molecule has 0 spiro atoms.